The molecule has 1 aromatic heterocycles. The molecule has 120 valence electrons. The van der Waals surface area contributed by atoms with Gasteiger partial charge < -0.3 is 10.2 Å². The lowest BCUT2D eigenvalue weighted by Gasteiger charge is -2.31. The average Bonchev–Trinajstić information content (AvgIpc) is 2.83. The van der Waals surface area contributed by atoms with Crippen LogP contribution in [-0.2, 0) is 0 Å². The first-order valence-corrected chi connectivity index (χ1v) is 8.06. The van der Waals surface area contributed by atoms with E-state index in [4.69, 9.17) is 0 Å². The number of benzene rings is 1. The van der Waals surface area contributed by atoms with Crippen molar-refractivity contribution >= 4 is 39.7 Å². The molecule has 1 N–H and O–H groups in total. The Kier molecular flexibility index (Phi) is 5.42. The number of hydrogen-bond acceptors (Lipinski definition) is 3. The lowest BCUT2D eigenvalue weighted by Crippen LogP contribution is -2.43. The molecule has 3 rings (SSSR count). The number of nitrogens with one attached hydrogen (secondary N) is 1. The Labute approximate surface area is 139 Å². The molecule has 6 heteroatoms. The molecule has 1 aromatic carbocycles. The van der Waals surface area contributed by atoms with Crippen LogP contribution in [0, 0.1) is 12.7 Å². The van der Waals surface area contributed by atoms with Crippen molar-refractivity contribution in [1.29, 1.82) is 0 Å². The molecule has 1 amide bonds. The maximum absolute atomic E-state index is 13.4. The first-order valence-electron chi connectivity index (χ1n) is 7.24. The Morgan fingerprint density at radius 2 is 2.05 bits per heavy atom. The Morgan fingerprint density at radius 3 is 2.73 bits per heavy atom. The van der Waals surface area contributed by atoms with Crippen LogP contribution in [0.15, 0.2) is 18.2 Å². The summed E-state index contributed by atoms with van der Waals surface area (Å²) in [6, 6.07) is 5.01. The number of piperidine rings is 1. The fourth-order valence-electron chi connectivity index (χ4n) is 2.92. The van der Waals surface area contributed by atoms with Crippen LogP contribution in [0.25, 0.3) is 10.1 Å². The maximum Gasteiger partial charge on any atom is 0.264 e. The van der Waals surface area contributed by atoms with Crippen molar-refractivity contribution in [1.82, 2.24) is 10.2 Å². The molecular weight excluding hydrogens is 323 g/mol. The first-order chi connectivity index (χ1) is 10.1. The number of aryl methyl sites for hydroxylation is 1. The summed E-state index contributed by atoms with van der Waals surface area (Å²) < 4.78 is 14.3. The molecule has 1 aliphatic heterocycles. The lowest BCUT2D eigenvalue weighted by molar-refractivity contribution is 0.0707. The summed E-state index contributed by atoms with van der Waals surface area (Å²) in [6.45, 7) is 3.82. The van der Waals surface area contributed by atoms with E-state index < -0.39 is 0 Å². The molecule has 1 saturated heterocycles. The second-order valence-electron chi connectivity index (χ2n) is 5.59. The number of hydrogen-bond donors (Lipinski definition) is 1. The third kappa shape index (κ3) is 3.12. The van der Waals surface area contributed by atoms with Crippen molar-refractivity contribution in [3.63, 3.8) is 0 Å². The standard InChI is InChI=1S/C16H19FN2OS.ClH/c1-10-13-9-11(17)3-4-14(13)21-15(10)16(20)19(2)12-5-7-18-8-6-12;/h3-4,9,12,18H,5-8H2,1-2H3;1H. The van der Waals surface area contributed by atoms with Crippen LogP contribution in [0.5, 0.6) is 0 Å². The van der Waals surface area contributed by atoms with Crippen LogP contribution in [0.2, 0.25) is 0 Å². The van der Waals surface area contributed by atoms with Crippen molar-refractivity contribution in [3.05, 3.63) is 34.5 Å². The van der Waals surface area contributed by atoms with Crippen LogP contribution >= 0.6 is 23.7 Å². The minimum atomic E-state index is -0.255. The topological polar surface area (TPSA) is 32.3 Å². The van der Waals surface area contributed by atoms with E-state index in [0.717, 1.165) is 46.5 Å². The van der Waals surface area contributed by atoms with Gasteiger partial charge in [0.05, 0.1) is 4.88 Å². The molecular formula is C16H20ClFN2OS. The van der Waals surface area contributed by atoms with Crippen molar-refractivity contribution in [3.8, 4) is 0 Å². The van der Waals surface area contributed by atoms with Crippen LogP contribution in [-0.4, -0.2) is 37.0 Å². The first kappa shape index (κ1) is 17.2. The fraction of sp³-hybridized carbons (Fsp3) is 0.438. The summed E-state index contributed by atoms with van der Waals surface area (Å²) in [5, 5.41) is 4.16. The molecule has 22 heavy (non-hydrogen) atoms. The largest absolute Gasteiger partial charge is 0.338 e. The van der Waals surface area contributed by atoms with Gasteiger partial charge in [-0.05, 0) is 62.0 Å². The zero-order valence-electron chi connectivity index (χ0n) is 12.7. The molecule has 3 nitrogen and oxygen atoms in total. The Balaban J connectivity index is 0.00000176. The highest BCUT2D eigenvalue weighted by molar-refractivity contribution is 7.21. The smallest absolute Gasteiger partial charge is 0.264 e. The third-order valence-corrected chi connectivity index (χ3v) is 5.53. The van der Waals surface area contributed by atoms with E-state index in [1.165, 1.54) is 23.5 Å². The van der Waals surface area contributed by atoms with Gasteiger partial charge in [0, 0.05) is 17.8 Å². The van der Waals surface area contributed by atoms with Gasteiger partial charge >= 0.3 is 0 Å². The Bertz CT molecular complexity index is 682. The quantitative estimate of drug-likeness (QED) is 0.904. The summed E-state index contributed by atoms with van der Waals surface area (Å²) in [5.41, 5.74) is 0.889. The van der Waals surface area contributed by atoms with Gasteiger partial charge in [-0.25, -0.2) is 4.39 Å². The normalized spacial score (nSPS) is 15.6. The van der Waals surface area contributed by atoms with Crippen molar-refractivity contribution in [2.45, 2.75) is 25.8 Å². The number of rotatable bonds is 2. The van der Waals surface area contributed by atoms with Gasteiger partial charge in [-0.15, -0.1) is 23.7 Å². The van der Waals surface area contributed by atoms with E-state index in [1.54, 1.807) is 6.07 Å². The predicted octanol–water partition coefficient (Wildman–Crippen LogP) is 3.59. The maximum atomic E-state index is 13.4. The molecule has 1 fully saturated rings. The highest BCUT2D eigenvalue weighted by atomic mass is 35.5. The number of amides is 1. The molecule has 0 bridgehead atoms. The minimum absolute atomic E-state index is 0. The van der Waals surface area contributed by atoms with Gasteiger partial charge in [0.2, 0.25) is 0 Å². The monoisotopic (exact) mass is 342 g/mol. The average molecular weight is 343 g/mol. The lowest BCUT2D eigenvalue weighted by atomic mass is 10.0. The molecule has 0 aliphatic carbocycles. The number of halogens is 2. The van der Waals surface area contributed by atoms with Gasteiger partial charge in [-0.2, -0.15) is 0 Å². The molecule has 2 aromatic rings. The van der Waals surface area contributed by atoms with Gasteiger partial charge in [-0.3, -0.25) is 4.79 Å². The summed E-state index contributed by atoms with van der Waals surface area (Å²) in [7, 11) is 1.88. The van der Waals surface area contributed by atoms with Crippen LogP contribution in [0.1, 0.15) is 28.1 Å². The van der Waals surface area contributed by atoms with E-state index >= 15 is 0 Å². The van der Waals surface area contributed by atoms with Crippen LogP contribution in [0.3, 0.4) is 0 Å². The van der Waals surface area contributed by atoms with Gasteiger partial charge in [-0.1, -0.05) is 0 Å². The minimum Gasteiger partial charge on any atom is -0.338 e. The number of thiophene rings is 1. The molecule has 1 aliphatic rings. The summed E-state index contributed by atoms with van der Waals surface area (Å²) in [6.07, 6.45) is 1.97. The number of nitrogens with zero attached hydrogens (tertiary/aromatic N) is 1. The van der Waals surface area contributed by atoms with E-state index in [2.05, 4.69) is 5.32 Å². The molecule has 2 heterocycles. The Hall–Kier alpha value is -1.17. The van der Waals surface area contributed by atoms with E-state index in [1.807, 2.05) is 18.9 Å². The van der Waals surface area contributed by atoms with Crippen molar-refractivity contribution in [2.24, 2.45) is 0 Å². The molecule has 0 radical (unpaired) electrons. The molecule has 0 unspecified atom stereocenters. The highest BCUT2D eigenvalue weighted by Gasteiger charge is 2.25. The third-order valence-electron chi connectivity index (χ3n) is 4.27. The highest BCUT2D eigenvalue weighted by Crippen LogP contribution is 2.32. The van der Waals surface area contributed by atoms with Crippen molar-refractivity contribution < 1.29 is 9.18 Å². The number of fused-ring (bicyclic) bond motifs is 1. The summed E-state index contributed by atoms with van der Waals surface area (Å²) in [5.74, 6) is -0.199. The summed E-state index contributed by atoms with van der Waals surface area (Å²) >= 11 is 1.46. The molecule has 0 spiro atoms. The summed E-state index contributed by atoms with van der Waals surface area (Å²) in [4.78, 5) is 15.3. The zero-order chi connectivity index (χ0) is 15.0. The van der Waals surface area contributed by atoms with Gasteiger partial charge in [0.25, 0.3) is 5.91 Å². The molecule has 0 saturated carbocycles. The van der Waals surface area contributed by atoms with E-state index in [9.17, 15) is 9.18 Å². The zero-order valence-corrected chi connectivity index (χ0v) is 14.3. The van der Waals surface area contributed by atoms with Gasteiger partial charge in [0.1, 0.15) is 5.82 Å². The Morgan fingerprint density at radius 1 is 1.36 bits per heavy atom. The predicted molar refractivity (Wildman–Crippen MR) is 91.8 cm³/mol. The second kappa shape index (κ2) is 6.94. The van der Waals surface area contributed by atoms with Crippen molar-refractivity contribution in [2.75, 3.05) is 20.1 Å². The fourth-order valence-corrected chi connectivity index (χ4v) is 4.09. The second-order valence-corrected chi connectivity index (χ2v) is 6.65. The SMILES string of the molecule is Cc1c(C(=O)N(C)C2CCNCC2)sc2ccc(F)cc12.Cl. The number of carbonyl (C=O) groups excluding carboxylic acids is 1. The van der Waals surface area contributed by atoms with E-state index in [-0.39, 0.29) is 24.1 Å². The number of carbonyl (C=O) groups is 1. The van der Waals surface area contributed by atoms with Crippen LogP contribution < -0.4 is 5.32 Å². The van der Waals surface area contributed by atoms with E-state index in [0.29, 0.717) is 6.04 Å². The van der Waals surface area contributed by atoms with Gasteiger partial charge in [0.15, 0.2) is 0 Å². The van der Waals surface area contributed by atoms with Crippen LogP contribution in [0.4, 0.5) is 4.39 Å². The molecule has 0 atom stereocenters.